The Hall–Kier alpha value is -1.88. The van der Waals surface area contributed by atoms with Crippen LogP contribution in [0.3, 0.4) is 0 Å². The van der Waals surface area contributed by atoms with E-state index in [1.807, 2.05) is 6.92 Å². The molecule has 110 valence electrons. The van der Waals surface area contributed by atoms with Crippen LogP contribution in [-0.2, 0) is 15.0 Å². The van der Waals surface area contributed by atoms with E-state index in [2.05, 4.69) is 5.32 Å². The van der Waals surface area contributed by atoms with Gasteiger partial charge in [0.15, 0.2) is 0 Å². The van der Waals surface area contributed by atoms with Gasteiger partial charge in [-0.2, -0.15) is 0 Å². The summed E-state index contributed by atoms with van der Waals surface area (Å²) in [4.78, 5) is 22.8. The van der Waals surface area contributed by atoms with Crippen molar-refractivity contribution in [2.45, 2.75) is 45.1 Å². The van der Waals surface area contributed by atoms with Crippen molar-refractivity contribution < 1.29 is 14.7 Å². The van der Waals surface area contributed by atoms with Crippen LogP contribution in [-0.4, -0.2) is 23.0 Å². The van der Waals surface area contributed by atoms with E-state index >= 15 is 0 Å². The molecule has 1 amide bonds. The van der Waals surface area contributed by atoms with E-state index in [0.29, 0.717) is 11.3 Å². The molecule has 1 atom stereocenters. The summed E-state index contributed by atoms with van der Waals surface area (Å²) in [6, 6.07) is 6.69. The number of aliphatic carboxylic acids is 1. The molecule has 1 aromatic carbocycles. The van der Waals surface area contributed by atoms with Gasteiger partial charge in [-0.05, 0) is 38.0 Å². The molecule has 0 spiro atoms. The Kier molecular flexibility index (Phi) is 5.27. The number of nitrogens with one attached hydrogen (secondary N) is 1. The van der Waals surface area contributed by atoms with E-state index in [4.69, 9.17) is 10.8 Å². The number of carboxylic acid groups (broad SMARTS) is 1. The number of benzene rings is 1. The average molecular weight is 278 g/mol. The molecule has 20 heavy (non-hydrogen) atoms. The molecule has 0 bridgehead atoms. The smallest absolute Gasteiger partial charge is 0.313 e. The Balaban J connectivity index is 2.73. The molecule has 1 unspecified atom stereocenters. The number of carboxylic acids is 1. The van der Waals surface area contributed by atoms with E-state index < -0.39 is 11.4 Å². The van der Waals surface area contributed by atoms with Crippen molar-refractivity contribution in [3.05, 3.63) is 29.8 Å². The molecule has 4 N–H and O–H groups in total. The van der Waals surface area contributed by atoms with Gasteiger partial charge in [-0.3, -0.25) is 9.59 Å². The minimum absolute atomic E-state index is 0.135. The van der Waals surface area contributed by atoms with Crippen LogP contribution in [0.5, 0.6) is 0 Å². The van der Waals surface area contributed by atoms with Crippen LogP contribution in [0.25, 0.3) is 0 Å². The lowest BCUT2D eigenvalue weighted by atomic mass is 9.85. The van der Waals surface area contributed by atoms with E-state index in [9.17, 15) is 9.59 Å². The van der Waals surface area contributed by atoms with Gasteiger partial charge in [-0.15, -0.1) is 0 Å². The van der Waals surface area contributed by atoms with Gasteiger partial charge in [0.05, 0.1) is 5.41 Å². The quantitative estimate of drug-likeness (QED) is 0.743. The third kappa shape index (κ3) is 4.06. The van der Waals surface area contributed by atoms with Crippen LogP contribution in [0.1, 0.15) is 39.2 Å². The summed E-state index contributed by atoms with van der Waals surface area (Å²) in [5.41, 5.74) is 6.09. The number of amides is 1. The zero-order valence-electron chi connectivity index (χ0n) is 12.1. The van der Waals surface area contributed by atoms with Crippen molar-refractivity contribution in [1.82, 2.24) is 0 Å². The number of anilines is 1. The SMILES string of the molecule is CCC(N)CC(=O)Nc1ccc(C(C)(C)C(=O)O)cc1. The largest absolute Gasteiger partial charge is 0.481 e. The second-order valence-corrected chi connectivity index (χ2v) is 5.43. The summed E-state index contributed by atoms with van der Waals surface area (Å²) in [6.07, 6.45) is 1.03. The number of carbonyl (C=O) groups excluding carboxylic acids is 1. The van der Waals surface area contributed by atoms with Gasteiger partial charge >= 0.3 is 5.97 Å². The third-order valence-corrected chi connectivity index (χ3v) is 3.40. The fraction of sp³-hybridized carbons (Fsp3) is 0.467. The van der Waals surface area contributed by atoms with Gasteiger partial charge in [0, 0.05) is 18.2 Å². The standard InChI is InChI=1S/C15H22N2O3/c1-4-11(16)9-13(18)17-12-7-5-10(6-8-12)15(2,3)14(19)20/h5-8,11H,4,9,16H2,1-3H3,(H,17,18)(H,19,20). The Morgan fingerprint density at radius 2 is 1.85 bits per heavy atom. The van der Waals surface area contributed by atoms with Crippen LogP contribution in [0.4, 0.5) is 5.69 Å². The zero-order valence-corrected chi connectivity index (χ0v) is 12.1. The van der Waals surface area contributed by atoms with Gasteiger partial charge in [-0.1, -0.05) is 19.1 Å². The molecular weight excluding hydrogens is 256 g/mol. The number of hydrogen-bond acceptors (Lipinski definition) is 3. The zero-order chi connectivity index (χ0) is 15.3. The van der Waals surface area contributed by atoms with E-state index in [1.165, 1.54) is 0 Å². The average Bonchev–Trinajstić information content (AvgIpc) is 2.38. The van der Waals surface area contributed by atoms with E-state index in [1.54, 1.807) is 38.1 Å². The first-order chi connectivity index (χ1) is 9.27. The molecule has 0 radical (unpaired) electrons. The van der Waals surface area contributed by atoms with E-state index in [0.717, 1.165) is 6.42 Å². The number of nitrogens with two attached hydrogens (primary N) is 1. The highest BCUT2D eigenvalue weighted by Crippen LogP contribution is 2.24. The number of rotatable bonds is 6. The molecule has 1 rings (SSSR count). The van der Waals surface area contributed by atoms with Crippen molar-refractivity contribution >= 4 is 17.6 Å². The van der Waals surface area contributed by atoms with Crippen LogP contribution >= 0.6 is 0 Å². The Morgan fingerprint density at radius 1 is 1.30 bits per heavy atom. The Labute approximate surface area is 119 Å². The molecule has 0 aliphatic heterocycles. The van der Waals surface area contributed by atoms with Crippen molar-refractivity contribution in [3.63, 3.8) is 0 Å². The van der Waals surface area contributed by atoms with Crippen molar-refractivity contribution in [2.24, 2.45) is 5.73 Å². The first-order valence-corrected chi connectivity index (χ1v) is 6.66. The van der Waals surface area contributed by atoms with E-state index in [-0.39, 0.29) is 18.4 Å². The second-order valence-electron chi connectivity index (χ2n) is 5.43. The molecule has 0 aliphatic rings. The predicted octanol–water partition coefficient (Wildman–Crippen LogP) is 2.11. The van der Waals surface area contributed by atoms with Gasteiger partial charge in [-0.25, -0.2) is 0 Å². The monoisotopic (exact) mass is 278 g/mol. The molecule has 0 saturated carbocycles. The minimum atomic E-state index is -0.951. The maximum absolute atomic E-state index is 11.7. The fourth-order valence-electron chi connectivity index (χ4n) is 1.69. The lowest BCUT2D eigenvalue weighted by Crippen LogP contribution is -2.28. The van der Waals surface area contributed by atoms with Crippen LogP contribution < -0.4 is 11.1 Å². The fourth-order valence-corrected chi connectivity index (χ4v) is 1.69. The highest BCUT2D eigenvalue weighted by Gasteiger charge is 2.29. The molecule has 0 saturated heterocycles. The molecular formula is C15H22N2O3. The summed E-state index contributed by atoms with van der Waals surface area (Å²) in [6.45, 7) is 5.22. The maximum Gasteiger partial charge on any atom is 0.313 e. The molecule has 0 aliphatic carbocycles. The van der Waals surface area contributed by atoms with Crippen molar-refractivity contribution in [3.8, 4) is 0 Å². The summed E-state index contributed by atoms with van der Waals surface area (Å²) in [5, 5.41) is 11.9. The van der Waals surface area contributed by atoms with Gasteiger partial charge in [0.2, 0.25) is 5.91 Å². The van der Waals surface area contributed by atoms with Crippen LogP contribution in [0.15, 0.2) is 24.3 Å². The van der Waals surface area contributed by atoms with Crippen LogP contribution in [0.2, 0.25) is 0 Å². The normalized spacial score (nSPS) is 12.8. The number of carbonyl (C=O) groups is 2. The summed E-state index contributed by atoms with van der Waals surface area (Å²) in [5.74, 6) is -1.02. The Morgan fingerprint density at radius 3 is 2.30 bits per heavy atom. The molecule has 5 nitrogen and oxygen atoms in total. The molecule has 1 aromatic rings. The maximum atomic E-state index is 11.7. The summed E-state index contributed by atoms with van der Waals surface area (Å²) in [7, 11) is 0. The minimum Gasteiger partial charge on any atom is -0.481 e. The third-order valence-electron chi connectivity index (χ3n) is 3.40. The number of hydrogen-bond donors (Lipinski definition) is 3. The van der Waals surface area contributed by atoms with Gasteiger partial charge < -0.3 is 16.2 Å². The first-order valence-electron chi connectivity index (χ1n) is 6.66. The Bertz CT molecular complexity index is 480. The topological polar surface area (TPSA) is 92.4 Å². The second kappa shape index (κ2) is 6.52. The lowest BCUT2D eigenvalue weighted by molar-refractivity contribution is -0.142. The predicted molar refractivity (Wildman–Crippen MR) is 78.6 cm³/mol. The van der Waals surface area contributed by atoms with Crippen molar-refractivity contribution in [2.75, 3.05) is 5.32 Å². The molecule has 0 heterocycles. The lowest BCUT2D eigenvalue weighted by Gasteiger charge is -2.20. The first kappa shape index (κ1) is 16.2. The van der Waals surface area contributed by atoms with Crippen molar-refractivity contribution in [1.29, 1.82) is 0 Å². The highest BCUT2D eigenvalue weighted by molar-refractivity contribution is 5.91. The van der Waals surface area contributed by atoms with Crippen LogP contribution in [0, 0.1) is 0 Å². The summed E-state index contributed by atoms with van der Waals surface area (Å²) >= 11 is 0. The van der Waals surface area contributed by atoms with Gasteiger partial charge in [0.25, 0.3) is 0 Å². The molecule has 0 aromatic heterocycles. The molecule has 0 fully saturated rings. The molecule has 5 heteroatoms. The van der Waals surface area contributed by atoms with Gasteiger partial charge in [0.1, 0.15) is 0 Å². The highest BCUT2D eigenvalue weighted by atomic mass is 16.4. The summed E-state index contributed by atoms with van der Waals surface area (Å²) < 4.78 is 0.